The van der Waals surface area contributed by atoms with Gasteiger partial charge in [-0.1, -0.05) is 36.4 Å². The highest BCUT2D eigenvalue weighted by Gasteiger charge is 2.15. The second kappa shape index (κ2) is 7.66. The number of aromatic nitrogens is 2. The molecular formula is C22H26N4O. The molecule has 1 aromatic heterocycles. The SMILES string of the molecule is Cc1ccccc1Cn1nc(C)c(NC(=O)Nc2cccc(C)c2C)c1C. The van der Waals surface area contributed by atoms with Gasteiger partial charge in [-0.25, -0.2) is 4.79 Å². The number of amides is 2. The zero-order valence-corrected chi connectivity index (χ0v) is 16.6. The number of nitrogens with one attached hydrogen (secondary N) is 2. The van der Waals surface area contributed by atoms with E-state index in [2.05, 4.69) is 34.8 Å². The van der Waals surface area contributed by atoms with Crippen LogP contribution in [-0.4, -0.2) is 15.8 Å². The Labute approximate surface area is 160 Å². The van der Waals surface area contributed by atoms with Gasteiger partial charge in [0.1, 0.15) is 0 Å². The molecule has 0 aliphatic carbocycles. The van der Waals surface area contributed by atoms with Gasteiger partial charge in [0.15, 0.2) is 0 Å². The quantitative estimate of drug-likeness (QED) is 0.677. The maximum atomic E-state index is 12.5. The minimum absolute atomic E-state index is 0.259. The number of aryl methyl sites for hydroxylation is 3. The van der Waals surface area contributed by atoms with E-state index in [-0.39, 0.29) is 6.03 Å². The van der Waals surface area contributed by atoms with Crippen LogP contribution in [0.4, 0.5) is 16.2 Å². The molecule has 2 N–H and O–H groups in total. The van der Waals surface area contributed by atoms with Crippen molar-refractivity contribution in [2.24, 2.45) is 0 Å². The van der Waals surface area contributed by atoms with E-state index in [0.29, 0.717) is 6.54 Å². The van der Waals surface area contributed by atoms with Crippen LogP contribution >= 0.6 is 0 Å². The number of carbonyl (C=O) groups excluding carboxylic acids is 1. The lowest BCUT2D eigenvalue weighted by Gasteiger charge is -2.12. The lowest BCUT2D eigenvalue weighted by atomic mass is 10.1. The number of urea groups is 1. The summed E-state index contributed by atoms with van der Waals surface area (Å²) in [6, 6.07) is 13.9. The maximum absolute atomic E-state index is 12.5. The van der Waals surface area contributed by atoms with Gasteiger partial charge in [-0.3, -0.25) is 4.68 Å². The van der Waals surface area contributed by atoms with Crippen molar-refractivity contribution in [3.8, 4) is 0 Å². The molecule has 27 heavy (non-hydrogen) atoms. The van der Waals surface area contributed by atoms with E-state index in [1.807, 2.05) is 62.7 Å². The number of nitrogens with zero attached hydrogens (tertiary/aromatic N) is 2. The summed E-state index contributed by atoms with van der Waals surface area (Å²) >= 11 is 0. The Morgan fingerprint density at radius 1 is 0.926 bits per heavy atom. The van der Waals surface area contributed by atoms with Crippen LogP contribution in [0.5, 0.6) is 0 Å². The number of benzene rings is 2. The van der Waals surface area contributed by atoms with Gasteiger partial charge in [0.05, 0.1) is 23.6 Å². The highest BCUT2D eigenvalue weighted by Crippen LogP contribution is 2.23. The zero-order valence-electron chi connectivity index (χ0n) is 16.6. The fraction of sp³-hybridized carbons (Fsp3) is 0.273. The van der Waals surface area contributed by atoms with Crippen LogP contribution in [0, 0.1) is 34.6 Å². The molecule has 0 unspecified atom stereocenters. The molecule has 0 saturated carbocycles. The van der Waals surface area contributed by atoms with E-state index in [9.17, 15) is 4.79 Å². The summed E-state index contributed by atoms with van der Waals surface area (Å²) in [5.74, 6) is 0. The standard InChI is InChI=1S/C22H26N4O/c1-14-10-8-12-20(16(14)3)23-22(27)24-21-17(4)25-26(18(21)5)13-19-11-7-6-9-15(19)2/h6-12H,13H2,1-5H3,(H2,23,24,27). The average molecular weight is 362 g/mol. The molecule has 2 amide bonds. The van der Waals surface area contributed by atoms with Crippen molar-refractivity contribution in [1.29, 1.82) is 0 Å². The van der Waals surface area contributed by atoms with E-state index in [1.165, 1.54) is 11.1 Å². The third-order valence-electron chi connectivity index (χ3n) is 5.05. The molecule has 3 aromatic rings. The third kappa shape index (κ3) is 4.03. The van der Waals surface area contributed by atoms with E-state index >= 15 is 0 Å². The molecule has 5 heteroatoms. The third-order valence-corrected chi connectivity index (χ3v) is 5.05. The molecule has 0 aliphatic heterocycles. The summed E-state index contributed by atoms with van der Waals surface area (Å²) in [6.07, 6.45) is 0. The first-order chi connectivity index (χ1) is 12.9. The minimum atomic E-state index is -0.259. The molecule has 0 radical (unpaired) electrons. The zero-order chi connectivity index (χ0) is 19.6. The molecule has 0 atom stereocenters. The molecule has 0 fully saturated rings. The predicted octanol–water partition coefficient (Wildman–Crippen LogP) is 5.12. The monoisotopic (exact) mass is 362 g/mol. The Bertz CT molecular complexity index is 988. The first-order valence-electron chi connectivity index (χ1n) is 9.09. The highest BCUT2D eigenvalue weighted by molar-refractivity contribution is 6.01. The van der Waals surface area contributed by atoms with E-state index in [4.69, 9.17) is 0 Å². The van der Waals surface area contributed by atoms with Crippen LogP contribution in [0.2, 0.25) is 0 Å². The summed E-state index contributed by atoms with van der Waals surface area (Å²) in [5, 5.41) is 10.5. The highest BCUT2D eigenvalue weighted by atomic mass is 16.2. The van der Waals surface area contributed by atoms with Gasteiger partial charge < -0.3 is 10.6 Å². The molecule has 0 bridgehead atoms. The Balaban J connectivity index is 1.77. The topological polar surface area (TPSA) is 59.0 Å². The summed E-state index contributed by atoms with van der Waals surface area (Å²) in [6.45, 7) is 10.7. The van der Waals surface area contributed by atoms with Gasteiger partial charge in [0.25, 0.3) is 0 Å². The molecule has 1 heterocycles. The van der Waals surface area contributed by atoms with Crippen molar-refractivity contribution >= 4 is 17.4 Å². The lowest BCUT2D eigenvalue weighted by molar-refractivity contribution is 0.262. The summed E-state index contributed by atoms with van der Waals surface area (Å²) in [7, 11) is 0. The van der Waals surface area contributed by atoms with Gasteiger partial charge in [-0.2, -0.15) is 5.10 Å². The van der Waals surface area contributed by atoms with Crippen LogP contribution in [0.1, 0.15) is 33.6 Å². The summed E-state index contributed by atoms with van der Waals surface area (Å²) < 4.78 is 1.94. The minimum Gasteiger partial charge on any atom is -0.307 e. The van der Waals surface area contributed by atoms with Crippen molar-refractivity contribution in [3.63, 3.8) is 0 Å². The van der Waals surface area contributed by atoms with Crippen molar-refractivity contribution in [3.05, 3.63) is 76.1 Å². The van der Waals surface area contributed by atoms with Crippen LogP contribution in [-0.2, 0) is 6.54 Å². The number of hydrogen-bond acceptors (Lipinski definition) is 2. The first kappa shape index (κ1) is 18.7. The van der Waals surface area contributed by atoms with Gasteiger partial charge in [-0.05, 0) is 62.9 Å². The summed E-state index contributed by atoms with van der Waals surface area (Å²) in [4.78, 5) is 12.5. The van der Waals surface area contributed by atoms with E-state index in [1.54, 1.807) is 0 Å². The maximum Gasteiger partial charge on any atom is 0.323 e. The van der Waals surface area contributed by atoms with Crippen LogP contribution in [0.15, 0.2) is 42.5 Å². The fourth-order valence-electron chi connectivity index (χ4n) is 3.13. The van der Waals surface area contributed by atoms with Gasteiger partial charge in [0.2, 0.25) is 0 Å². The predicted molar refractivity (Wildman–Crippen MR) is 111 cm³/mol. The van der Waals surface area contributed by atoms with E-state index in [0.717, 1.165) is 33.9 Å². The number of carbonyl (C=O) groups is 1. The second-order valence-corrected chi connectivity index (χ2v) is 6.96. The Kier molecular flexibility index (Phi) is 5.31. The molecule has 5 nitrogen and oxygen atoms in total. The largest absolute Gasteiger partial charge is 0.323 e. The lowest BCUT2D eigenvalue weighted by Crippen LogP contribution is -2.21. The van der Waals surface area contributed by atoms with Gasteiger partial charge in [-0.15, -0.1) is 0 Å². The smallest absolute Gasteiger partial charge is 0.307 e. The normalized spacial score (nSPS) is 10.7. The number of anilines is 2. The number of rotatable bonds is 4. The average Bonchev–Trinajstić information content (AvgIpc) is 2.88. The number of hydrogen-bond donors (Lipinski definition) is 2. The van der Waals surface area contributed by atoms with Crippen LogP contribution in [0.3, 0.4) is 0 Å². The van der Waals surface area contributed by atoms with Crippen molar-refractivity contribution < 1.29 is 4.79 Å². The van der Waals surface area contributed by atoms with Crippen molar-refractivity contribution in [2.45, 2.75) is 41.2 Å². The first-order valence-corrected chi connectivity index (χ1v) is 9.09. The second-order valence-electron chi connectivity index (χ2n) is 6.96. The van der Waals surface area contributed by atoms with Crippen LogP contribution in [0.25, 0.3) is 0 Å². The molecular weight excluding hydrogens is 336 g/mol. The molecule has 3 rings (SSSR count). The van der Waals surface area contributed by atoms with Crippen molar-refractivity contribution in [2.75, 3.05) is 10.6 Å². The molecule has 0 spiro atoms. The Morgan fingerprint density at radius 2 is 1.63 bits per heavy atom. The molecule has 140 valence electrons. The molecule has 2 aromatic carbocycles. The summed E-state index contributed by atoms with van der Waals surface area (Å²) in [5.41, 5.74) is 7.97. The Hall–Kier alpha value is -3.08. The molecule has 0 saturated heterocycles. The van der Waals surface area contributed by atoms with Crippen LogP contribution < -0.4 is 10.6 Å². The Morgan fingerprint density at radius 3 is 2.37 bits per heavy atom. The molecule has 0 aliphatic rings. The van der Waals surface area contributed by atoms with Gasteiger partial charge in [0, 0.05) is 5.69 Å². The van der Waals surface area contributed by atoms with E-state index < -0.39 is 0 Å². The van der Waals surface area contributed by atoms with Crippen molar-refractivity contribution in [1.82, 2.24) is 9.78 Å². The fourth-order valence-corrected chi connectivity index (χ4v) is 3.13. The van der Waals surface area contributed by atoms with Gasteiger partial charge >= 0.3 is 6.03 Å².